The van der Waals surface area contributed by atoms with Gasteiger partial charge in [-0.2, -0.15) is 0 Å². The number of amides is 1. The van der Waals surface area contributed by atoms with Gasteiger partial charge in [0.05, 0.1) is 12.0 Å². The highest BCUT2D eigenvalue weighted by Gasteiger charge is 2.20. The predicted molar refractivity (Wildman–Crippen MR) is 68.9 cm³/mol. The fraction of sp³-hybridized carbons (Fsp3) is 0.833. The van der Waals surface area contributed by atoms with E-state index in [-0.39, 0.29) is 30.2 Å². The highest BCUT2D eigenvalue weighted by molar-refractivity contribution is 5.83. The van der Waals surface area contributed by atoms with Gasteiger partial charge in [0.25, 0.3) is 0 Å². The van der Waals surface area contributed by atoms with Crippen LogP contribution in [0.5, 0.6) is 0 Å². The van der Waals surface area contributed by atoms with E-state index in [1.54, 1.807) is 0 Å². The molecule has 0 radical (unpaired) electrons. The van der Waals surface area contributed by atoms with Gasteiger partial charge < -0.3 is 10.4 Å². The second-order valence-electron chi connectivity index (χ2n) is 4.98. The van der Waals surface area contributed by atoms with Crippen LogP contribution in [0.1, 0.15) is 46.0 Å². The number of carboxylic acid groups (broad SMARTS) is 1. The molecular formula is C12H24N2O6. The highest BCUT2D eigenvalue weighted by Crippen LogP contribution is 2.06. The first-order chi connectivity index (χ1) is 9.32. The molecule has 118 valence electrons. The lowest BCUT2D eigenvalue weighted by Gasteiger charge is -2.16. The van der Waals surface area contributed by atoms with Crippen LogP contribution in [0.25, 0.3) is 0 Å². The van der Waals surface area contributed by atoms with E-state index in [1.807, 2.05) is 13.8 Å². The molecule has 0 aliphatic carbocycles. The molecule has 0 saturated heterocycles. The summed E-state index contributed by atoms with van der Waals surface area (Å²) >= 11 is 0. The Bertz CT molecular complexity index is 296. The topological polar surface area (TPSA) is 119 Å². The molecule has 1 amide bonds. The van der Waals surface area contributed by atoms with Gasteiger partial charge in [0.15, 0.2) is 0 Å². The van der Waals surface area contributed by atoms with E-state index in [2.05, 4.69) is 10.2 Å². The van der Waals surface area contributed by atoms with E-state index in [4.69, 9.17) is 15.5 Å². The minimum atomic E-state index is -1.02. The van der Waals surface area contributed by atoms with Crippen molar-refractivity contribution in [3.8, 4) is 0 Å². The molecule has 1 atom stereocenters. The SMILES string of the molecule is CC(C)CC(NC(=O)CCCCCON(O)O)C(=O)O. The molecule has 4 N–H and O–H groups in total. The summed E-state index contributed by atoms with van der Waals surface area (Å²) in [6.45, 7) is 3.93. The van der Waals surface area contributed by atoms with Crippen LogP contribution in [0.2, 0.25) is 0 Å². The maximum absolute atomic E-state index is 11.6. The van der Waals surface area contributed by atoms with Crippen molar-refractivity contribution in [3.63, 3.8) is 0 Å². The summed E-state index contributed by atoms with van der Waals surface area (Å²) in [4.78, 5) is 26.9. The third-order valence-corrected chi connectivity index (χ3v) is 2.60. The molecule has 0 rings (SSSR count). The van der Waals surface area contributed by atoms with Crippen LogP contribution >= 0.6 is 0 Å². The van der Waals surface area contributed by atoms with Gasteiger partial charge in [-0.25, -0.2) is 4.79 Å². The van der Waals surface area contributed by atoms with Gasteiger partial charge >= 0.3 is 5.97 Å². The summed E-state index contributed by atoms with van der Waals surface area (Å²) in [5, 5.41) is 27.7. The largest absolute Gasteiger partial charge is 0.480 e. The van der Waals surface area contributed by atoms with Crippen molar-refractivity contribution in [2.24, 2.45) is 5.92 Å². The number of hydrogen-bond donors (Lipinski definition) is 4. The fourth-order valence-electron chi connectivity index (χ4n) is 1.67. The number of carboxylic acids is 1. The van der Waals surface area contributed by atoms with Crippen molar-refractivity contribution in [1.29, 1.82) is 0 Å². The summed E-state index contributed by atoms with van der Waals surface area (Å²) in [6, 6.07) is -0.844. The first-order valence-corrected chi connectivity index (χ1v) is 6.66. The first kappa shape index (κ1) is 18.8. The Morgan fingerprint density at radius 1 is 1.20 bits per heavy atom. The van der Waals surface area contributed by atoms with Gasteiger partial charge in [-0.3, -0.25) is 20.0 Å². The van der Waals surface area contributed by atoms with Gasteiger partial charge in [0, 0.05) is 6.42 Å². The van der Waals surface area contributed by atoms with E-state index in [0.29, 0.717) is 25.7 Å². The number of nitrogens with one attached hydrogen (secondary N) is 1. The van der Waals surface area contributed by atoms with Gasteiger partial charge in [-0.05, 0) is 25.2 Å². The Labute approximate surface area is 118 Å². The van der Waals surface area contributed by atoms with Crippen LogP contribution in [0.15, 0.2) is 0 Å². The quantitative estimate of drug-likeness (QED) is 0.333. The Morgan fingerprint density at radius 2 is 1.85 bits per heavy atom. The van der Waals surface area contributed by atoms with E-state index >= 15 is 0 Å². The van der Waals surface area contributed by atoms with Gasteiger partial charge in [-0.1, -0.05) is 20.3 Å². The normalized spacial score (nSPS) is 12.7. The fourth-order valence-corrected chi connectivity index (χ4v) is 1.67. The molecule has 0 bridgehead atoms. The average Bonchev–Trinajstić information content (AvgIpc) is 2.31. The van der Waals surface area contributed by atoms with Crippen LogP contribution < -0.4 is 5.32 Å². The molecule has 8 nitrogen and oxygen atoms in total. The molecule has 0 aliphatic rings. The highest BCUT2D eigenvalue weighted by atomic mass is 17.1. The van der Waals surface area contributed by atoms with Crippen LogP contribution in [-0.2, 0) is 14.4 Å². The van der Waals surface area contributed by atoms with Gasteiger partial charge in [0.1, 0.15) is 6.04 Å². The predicted octanol–water partition coefficient (Wildman–Crippen LogP) is 1.17. The number of hydrogen-bond acceptors (Lipinski definition) is 6. The lowest BCUT2D eigenvalue weighted by molar-refractivity contribution is -0.492. The maximum Gasteiger partial charge on any atom is 0.326 e. The second-order valence-corrected chi connectivity index (χ2v) is 4.98. The molecule has 0 saturated carbocycles. The van der Waals surface area contributed by atoms with Gasteiger partial charge in [-0.15, -0.1) is 0 Å². The number of nitrogens with zero attached hydrogens (tertiary/aromatic N) is 1. The van der Waals surface area contributed by atoms with E-state index in [0.717, 1.165) is 0 Å². The zero-order chi connectivity index (χ0) is 15.5. The number of carbonyl (C=O) groups is 2. The van der Waals surface area contributed by atoms with Crippen molar-refractivity contribution in [2.75, 3.05) is 6.61 Å². The third kappa shape index (κ3) is 10.7. The molecule has 0 fully saturated rings. The standard InChI is InChI=1S/C12H24N2O6/c1-9(2)8-10(12(16)17)13-11(15)6-4-3-5-7-20-14(18)19/h9-10,18-19H,3-8H2,1-2H3,(H,13,15)(H,16,17). The molecule has 1 unspecified atom stereocenters. The molecule has 0 aromatic carbocycles. The number of rotatable bonds is 11. The molecule has 0 spiro atoms. The van der Waals surface area contributed by atoms with E-state index in [9.17, 15) is 9.59 Å². The molecule has 0 aromatic heterocycles. The molecule has 20 heavy (non-hydrogen) atoms. The van der Waals surface area contributed by atoms with E-state index in [1.165, 1.54) is 0 Å². The van der Waals surface area contributed by atoms with Crippen molar-refractivity contribution in [2.45, 2.75) is 52.0 Å². The summed E-state index contributed by atoms with van der Waals surface area (Å²) in [6.07, 6.45) is 2.46. The first-order valence-electron chi connectivity index (χ1n) is 6.66. The van der Waals surface area contributed by atoms with Crippen LogP contribution in [-0.4, -0.2) is 45.4 Å². The molecular weight excluding hydrogens is 268 g/mol. The van der Waals surface area contributed by atoms with Crippen molar-refractivity contribution >= 4 is 11.9 Å². The van der Waals surface area contributed by atoms with Crippen LogP contribution in [0.3, 0.4) is 0 Å². The zero-order valence-corrected chi connectivity index (χ0v) is 11.9. The lowest BCUT2D eigenvalue weighted by atomic mass is 10.0. The minimum absolute atomic E-state index is 0.139. The van der Waals surface area contributed by atoms with Crippen molar-refractivity contribution in [1.82, 2.24) is 10.7 Å². The lowest BCUT2D eigenvalue weighted by Crippen LogP contribution is -2.41. The average molecular weight is 292 g/mol. The maximum atomic E-state index is 11.6. The Morgan fingerprint density at radius 3 is 2.35 bits per heavy atom. The number of unbranched alkanes of at least 4 members (excludes halogenated alkanes) is 2. The van der Waals surface area contributed by atoms with Crippen LogP contribution in [0, 0.1) is 5.92 Å². The monoisotopic (exact) mass is 292 g/mol. The van der Waals surface area contributed by atoms with Crippen LogP contribution in [0.4, 0.5) is 0 Å². The third-order valence-electron chi connectivity index (χ3n) is 2.60. The summed E-state index contributed by atoms with van der Waals surface area (Å²) in [5.74, 6) is -1.12. The van der Waals surface area contributed by atoms with Crippen molar-refractivity contribution in [3.05, 3.63) is 0 Å². The molecule has 8 heteroatoms. The Hall–Kier alpha value is -1.22. The zero-order valence-electron chi connectivity index (χ0n) is 11.9. The van der Waals surface area contributed by atoms with Gasteiger partial charge in [0.2, 0.25) is 5.91 Å². The Balaban J connectivity index is 3.77. The molecule has 0 aliphatic heterocycles. The summed E-state index contributed by atoms with van der Waals surface area (Å²) in [5.41, 5.74) is 0. The summed E-state index contributed by atoms with van der Waals surface area (Å²) in [7, 11) is 0. The minimum Gasteiger partial charge on any atom is -0.480 e. The van der Waals surface area contributed by atoms with E-state index < -0.39 is 12.0 Å². The molecule has 0 aromatic rings. The second kappa shape index (κ2) is 10.6. The molecule has 0 heterocycles. The Kier molecular flexibility index (Phi) is 9.91. The summed E-state index contributed by atoms with van der Waals surface area (Å²) < 4.78 is 0. The van der Waals surface area contributed by atoms with Crippen molar-refractivity contribution < 1.29 is 29.9 Å². The number of aliphatic carboxylic acids is 1. The smallest absolute Gasteiger partial charge is 0.326 e. The number of carbonyl (C=O) groups excluding carboxylic acids is 1.